The van der Waals surface area contributed by atoms with Gasteiger partial charge in [-0.2, -0.15) is 0 Å². The maximum atomic E-state index is 12.4. The summed E-state index contributed by atoms with van der Waals surface area (Å²) in [5, 5.41) is 11.1. The SMILES string of the molecule is O=C(CC(=O)N1CCOCC1)c1ccc(OCc2c(Cl)cccc2Cl)cc1O. The number of phenols is 1. The van der Waals surface area contributed by atoms with E-state index in [1.807, 2.05) is 0 Å². The van der Waals surface area contributed by atoms with Gasteiger partial charge >= 0.3 is 0 Å². The average molecular weight is 424 g/mol. The van der Waals surface area contributed by atoms with Crippen LogP contribution >= 0.6 is 23.2 Å². The zero-order chi connectivity index (χ0) is 20.1. The van der Waals surface area contributed by atoms with Crippen LogP contribution in [0.3, 0.4) is 0 Å². The summed E-state index contributed by atoms with van der Waals surface area (Å²) in [5.74, 6) is -0.622. The molecule has 3 rings (SSSR count). The highest BCUT2D eigenvalue weighted by atomic mass is 35.5. The molecule has 1 amide bonds. The Morgan fingerprint density at radius 1 is 1.11 bits per heavy atom. The second kappa shape index (κ2) is 9.28. The van der Waals surface area contributed by atoms with Crippen molar-refractivity contribution in [1.82, 2.24) is 4.90 Å². The quantitative estimate of drug-likeness (QED) is 0.565. The average Bonchev–Trinajstić information content (AvgIpc) is 2.68. The Labute approximate surface area is 172 Å². The summed E-state index contributed by atoms with van der Waals surface area (Å²) < 4.78 is 10.8. The Morgan fingerprint density at radius 2 is 1.79 bits per heavy atom. The van der Waals surface area contributed by atoms with Gasteiger partial charge < -0.3 is 19.5 Å². The highest BCUT2D eigenvalue weighted by molar-refractivity contribution is 6.35. The maximum absolute atomic E-state index is 12.4. The van der Waals surface area contributed by atoms with Crippen molar-refractivity contribution in [2.45, 2.75) is 13.0 Å². The normalized spacial score (nSPS) is 14.0. The molecule has 8 heteroatoms. The lowest BCUT2D eigenvalue weighted by Gasteiger charge is -2.26. The third-order valence-corrected chi connectivity index (χ3v) is 5.10. The number of phenolic OH excluding ortho intramolecular Hbond substituents is 1. The van der Waals surface area contributed by atoms with E-state index in [0.717, 1.165) is 0 Å². The standard InChI is InChI=1S/C20H19Cl2NO5/c21-16-2-1-3-17(22)15(16)12-28-13-4-5-14(18(24)10-13)19(25)11-20(26)23-6-8-27-9-7-23/h1-5,10,24H,6-9,11-12H2. The van der Waals surface area contributed by atoms with Crippen LogP contribution < -0.4 is 4.74 Å². The van der Waals surface area contributed by atoms with Crippen molar-refractivity contribution < 1.29 is 24.2 Å². The van der Waals surface area contributed by atoms with Crippen molar-refractivity contribution in [3.8, 4) is 11.5 Å². The van der Waals surface area contributed by atoms with Gasteiger partial charge in [0.2, 0.25) is 5.91 Å². The number of benzene rings is 2. The molecule has 2 aromatic carbocycles. The van der Waals surface area contributed by atoms with Crippen LogP contribution in [-0.4, -0.2) is 48.0 Å². The van der Waals surface area contributed by atoms with E-state index in [-0.39, 0.29) is 30.2 Å². The van der Waals surface area contributed by atoms with Gasteiger partial charge in [0, 0.05) is 34.8 Å². The van der Waals surface area contributed by atoms with Crippen LogP contribution in [0.25, 0.3) is 0 Å². The van der Waals surface area contributed by atoms with Gasteiger partial charge in [-0.1, -0.05) is 29.3 Å². The molecule has 0 aromatic heterocycles. The van der Waals surface area contributed by atoms with Crippen LogP contribution in [0.2, 0.25) is 10.0 Å². The molecule has 6 nitrogen and oxygen atoms in total. The lowest BCUT2D eigenvalue weighted by atomic mass is 10.1. The fourth-order valence-corrected chi connectivity index (χ4v) is 3.33. The Kier molecular flexibility index (Phi) is 6.78. The molecular formula is C20H19Cl2NO5. The number of halogens is 2. The van der Waals surface area contributed by atoms with E-state index in [0.29, 0.717) is 47.7 Å². The molecule has 28 heavy (non-hydrogen) atoms. The number of ether oxygens (including phenoxy) is 2. The van der Waals surface area contributed by atoms with Gasteiger partial charge in [-0.15, -0.1) is 0 Å². The number of hydrogen-bond donors (Lipinski definition) is 1. The molecule has 1 aliphatic rings. The predicted octanol–water partition coefficient (Wildman–Crippen LogP) is 3.71. The summed E-state index contributed by atoms with van der Waals surface area (Å²) in [6.45, 7) is 1.98. The summed E-state index contributed by atoms with van der Waals surface area (Å²) in [5.41, 5.74) is 0.700. The zero-order valence-electron chi connectivity index (χ0n) is 15.0. The zero-order valence-corrected chi connectivity index (χ0v) is 16.5. The van der Waals surface area contributed by atoms with Crippen molar-refractivity contribution in [2.75, 3.05) is 26.3 Å². The van der Waals surface area contributed by atoms with E-state index >= 15 is 0 Å². The van der Waals surface area contributed by atoms with Gasteiger partial charge in [0.05, 0.1) is 25.2 Å². The van der Waals surface area contributed by atoms with Crippen LogP contribution in [-0.2, 0) is 16.1 Å². The third kappa shape index (κ3) is 4.95. The van der Waals surface area contributed by atoms with Crippen molar-refractivity contribution in [3.05, 3.63) is 57.6 Å². The first-order chi connectivity index (χ1) is 13.5. The van der Waals surface area contributed by atoms with Crippen LogP contribution in [0, 0.1) is 0 Å². The number of Topliss-reactive ketones (excluding diaryl/α,β-unsaturated/α-hetero) is 1. The van der Waals surface area contributed by atoms with Crippen LogP contribution in [0.15, 0.2) is 36.4 Å². The highest BCUT2D eigenvalue weighted by Crippen LogP contribution is 2.28. The van der Waals surface area contributed by atoms with Crippen molar-refractivity contribution in [3.63, 3.8) is 0 Å². The molecule has 2 aromatic rings. The highest BCUT2D eigenvalue weighted by Gasteiger charge is 2.22. The Balaban J connectivity index is 1.63. The molecule has 0 radical (unpaired) electrons. The van der Waals surface area contributed by atoms with E-state index < -0.39 is 5.78 Å². The molecule has 1 heterocycles. The Bertz CT molecular complexity index is 861. The summed E-state index contributed by atoms with van der Waals surface area (Å²) in [6.07, 6.45) is -0.303. The summed E-state index contributed by atoms with van der Waals surface area (Å²) in [6, 6.07) is 9.47. The smallest absolute Gasteiger partial charge is 0.230 e. The number of carbonyl (C=O) groups excluding carboxylic acids is 2. The topological polar surface area (TPSA) is 76.1 Å². The molecule has 0 aliphatic carbocycles. The first-order valence-corrected chi connectivity index (χ1v) is 9.48. The summed E-state index contributed by atoms with van der Waals surface area (Å²) in [7, 11) is 0. The van der Waals surface area contributed by atoms with Gasteiger partial charge in [0.15, 0.2) is 5.78 Å². The minimum atomic E-state index is -0.449. The van der Waals surface area contributed by atoms with Crippen molar-refractivity contribution in [1.29, 1.82) is 0 Å². The second-order valence-electron chi connectivity index (χ2n) is 6.26. The predicted molar refractivity (Wildman–Crippen MR) is 105 cm³/mol. The van der Waals surface area contributed by atoms with Gasteiger partial charge in [-0.25, -0.2) is 0 Å². The summed E-state index contributed by atoms with van der Waals surface area (Å²) >= 11 is 12.2. The number of carbonyl (C=O) groups is 2. The molecular weight excluding hydrogens is 405 g/mol. The first-order valence-electron chi connectivity index (χ1n) is 8.73. The molecule has 148 valence electrons. The van der Waals surface area contributed by atoms with E-state index in [4.69, 9.17) is 32.7 Å². The van der Waals surface area contributed by atoms with E-state index in [9.17, 15) is 14.7 Å². The number of amides is 1. The number of rotatable bonds is 6. The monoisotopic (exact) mass is 423 g/mol. The van der Waals surface area contributed by atoms with Gasteiger partial charge in [0.25, 0.3) is 0 Å². The largest absolute Gasteiger partial charge is 0.507 e. The summed E-state index contributed by atoms with van der Waals surface area (Å²) in [4.78, 5) is 26.2. The molecule has 1 fully saturated rings. The van der Waals surface area contributed by atoms with Crippen LogP contribution in [0.4, 0.5) is 0 Å². The minimum absolute atomic E-state index is 0.0738. The van der Waals surface area contributed by atoms with Gasteiger partial charge in [0.1, 0.15) is 18.1 Å². The van der Waals surface area contributed by atoms with Gasteiger partial charge in [-0.3, -0.25) is 9.59 Å². The molecule has 0 atom stereocenters. The van der Waals surface area contributed by atoms with Crippen LogP contribution in [0.5, 0.6) is 11.5 Å². The van der Waals surface area contributed by atoms with Crippen molar-refractivity contribution in [2.24, 2.45) is 0 Å². The number of morpholine rings is 1. The molecule has 1 N–H and O–H groups in total. The molecule has 1 aliphatic heterocycles. The number of ketones is 1. The molecule has 1 saturated heterocycles. The Hall–Kier alpha value is -2.28. The maximum Gasteiger partial charge on any atom is 0.230 e. The number of aromatic hydroxyl groups is 1. The van der Waals surface area contributed by atoms with Gasteiger partial charge in [-0.05, 0) is 24.3 Å². The minimum Gasteiger partial charge on any atom is -0.507 e. The van der Waals surface area contributed by atoms with E-state index in [1.165, 1.54) is 12.1 Å². The molecule has 0 spiro atoms. The van der Waals surface area contributed by atoms with E-state index in [2.05, 4.69) is 0 Å². The van der Waals surface area contributed by atoms with Crippen molar-refractivity contribution >= 4 is 34.9 Å². The second-order valence-corrected chi connectivity index (χ2v) is 7.08. The number of nitrogens with zero attached hydrogens (tertiary/aromatic N) is 1. The molecule has 0 bridgehead atoms. The fourth-order valence-electron chi connectivity index (χ4n) is 2.82. The molecule has 0 unspecified atom stereocenters. The Morgan fingerprint density at radius 3 is 2.43 bits per heavy atom. The fraction of sp³-hybridized carbons (Fsp3) is 0.300. The lowest BCUT2D eigenvalue weighted by Crippen LogP contribution is -2.41. The molecule has 0 saturated carbocycles. The van der Waals surface area contributed by atoms with Crippen LogP contribution in [0.1, 0.15) is 22.3 Å². The first kappa shape index (κ1) is 20.5. The number of hydrogen-bond acceptors (Lipinski definition) is 5. The lowest BCUT2D eigenvalue weighted by molar-refractivity contribution is -0.134. The third-order valence-electron chi connectivity index (χ3n) is 4.39. The van der Waals surface area contributed by atoms with E-state index in [1.54, 1.807) is 29.2 Å².